The first-order valence-corrected chi connectivity index (χ1v) is 7.09. The fourth-order valence-electron chi connectivity index (χ4n) is 1.45. The van der Waals surface area contributed by atoms with E-state index in [4.69, 9.17) is 16.9 Å². The molecule has 0 saturated carbocycles. The molecule has 0 unspecified atom stereocenters. The Morgan fingerprint density at radius 2 is 2.22 bits per heavy atom. The number of nitriles is 1. The molecule has 0 heterocycles. The van der Waals surface area contributed by atoms with Gasteiger partial charge in [-0.25, -0.2) is 8.42 Å². The highest BCUT2D eigenvalue weighted by Gasteiger charge is 2.24. The smallest absolute Gasteiger partial charge is 0.207 e. The predicted octanol–water partition coefficient (Wildman–Crippen LogP) is 2.41. The van der Waals surface area contributed by atoms with Gasteiger partial charge >= 0.3 is 0 Å². The minimum absolute atomic E-state index is 0.0492. The van der Waals surface area contributed by atoms with Crippen molar-refractivity contribution in [1.82, 2.24) is 4.31 Å². The van der Waals surface area contributed by atoms with E-state index in [0.717, 1.165) is 0 Å². The lowest BCUT2D eigenvalue weighted by atomic mass is 10.2. The zero-order valence-electron chi connectivity index (χ0n) is 9.93. The highest BCUT2D eigenvalue weighted by atomic mass is 35.5. The van der Waals surface area contributed by atoms with Crippen LogP contribution in [0.15, 0.2) is 35.7 Å². The minimum atomic E-state index is -3.70. The summed E-state index contributed by atoms with van der Waals surface area (Å²) in [5.74, 6) is 0. The van der Waals surface area contributed by atoms with Crippen LogP contribution in [0.1, 0.15) is 12.5 Å². The Hall–Kier alpha value is -1.35. The van der Waals surface area contributed by atoms with Crippen molar-refractivity contribution in [3.8, 4) is 6.07 Å². The Labute approximate surface area is 112 Å². The van der Waals surface area contributed by atoms with Gasteiger partial charge in [0.05, 0.1) is 16.7 Å². The maximum Gasteiger partial charge on any atom is 0.244 e. The first-order chi connectivity index (χ1) is 8.47. The molecule has 96 valence electrons. The van der Waals surface area contributed by atoms with Crippen LogP contribution in [0.3, 0.4) is 0 Å². The SMILES string of the molecule is C=CCN(CC)S(=O)(=O)c1cc(C#N)ccc1Cl. The molecule has 0 fully saturated rings. The van der Waals surface area contributed by atoms with Crippen LogP contribution < -0.4 is 0 Å². The van der Waals surface area contributed by atoms with Crippen molar-refractivity contribution in [2.24, 2.45) is 0 Å². The summed E-state index contributed by atoms with van der Waals surface area (Å²) >= 11 is 5.90. The second kappa shape index (κ2) is 6.01. The van der Waals surface area contributed by atoms with Crippen molar-refractivity contribution in [1.29, 1.82) is 5.26 Å². The van der Waals surface area contributed by atoms with Crippen molar-refractivity contribution in [2.75, 3.05) is 13.1 Å². The molecule has 0 aliphatic carbocycles. The lowest BCUT2D eigenvalue weighted by Gasteiger charge is -2.19. The van der Waals surface area contributed by atoms with E-state index in [9.17, 15) is 8.42 Å². The van der Waals surface area contributed by atoms with Gasteiger partial charge in [0.2, 0.25) is 10.0 Å². The molecule has 1 aromatic rings. The van der Waals surface area contributed by atoms with Gasteiger partial charge in [0.25, 0.3) is 0 Å². The molecule has 0 aromatic heterocycles. The van der Waals surface area contributed by atoms with Crippen LogP contribution in [0.25, 0.3) is 0 Å². The molecule has 0 atom stereocenters. The number of benzene rings is 1. The van der Waals surface area contributed by atoms with E-state index in [1.165, 1.54) is 28.6 Å². The zero-order chi connectivity index (χ0) is 13.8. The number of hydrogen-bond acceptors (Lipinski definition) is 3. The van der Waals surface area contributed by atoms with Crippen LogP contribution >= 0.6 is 11.6 Å². The van der Waals surface area contributed by atoms with Crippen LogP contribution in [0.2, 0.25) is 5.02 Å². The molecule has 0 spiro atoms. The number of likely N-dealkylation sites (N-methyl/N-ethyl adjacent to an activating group) is 1. The van der Waals surface area contributed by atoms with Gasteiger partial charge in [-0.3, -0.25) is 0 Å². The molecule has 1 aromatic carbocycles. The first-order valence-electron chi connectivity index (χ1n) is 5.28. The fourth-order valence-corrected chi connectivity index (χ4v) is 3.37. The lowest BCUT2D eigenvalue weighted by molar-refractivity contribution is 0.460. The molecule has 4 nitrogen and oxygen atoms in total. The summed E-state index contributed by atoms with van der Waals surface area (Å²) in [5.41, 5.74) is 0.257. The largest absolute Gasteiger partial charge is 0.244 e. The highest BCUT2D eigenvalue weighted by molar-refractivity contribution is 7.89. The molecule has 0 N–H and O–H groups in total. The van der Waals surface area contributed by atoms with Crippen molar-refractivity contribution in [3.05, 3.63) is 41.4 Å². The summed E-state index contributed by atoms with van der Waals surface area (Å²) in [5, 5.41) is 8.91. The number of sulfonamides is 1. The third-order valence-corrected chi connectivity index (χ3v) is 4.79. The summed E-state index contributed by atoms with van der Waals surface area (Å²) < 4.78 is 25.9. The van der Waals surface area contributed by atoms with Gasteiger partial charge in [-0.2, -0.15) is 9.57 Å². The average Bonchev–Trinajstić information content (AvgIpc) is 2.36. The number of rotatable bonds is 5. The van der Waals surface area contributed by atoms with E-state index in [-0.39, 0.29) is 22.0 Å². The maximum absolute atomic E-state index is 12.3. The van der Waals surface area contributed by atoms with Crippen LogP contribution in [-0.4, -0.2) is 25.8 Å². The molecular formula is C12H13ClN2O2S. The number of halogens is 1. The van der Waals surface area contributed by atoms with Gasteiger partial charge < -0.3 is 0 Å². The topological polar surface area (TPSA) is 61.2 Å². The predicted molar refractivity (Wildman–Crippen MR) is 70.8 cm³/mol. The molecule has 0 aliphatic rings. The summed E-state index contributed by atoms with van der Waals surface area (Å²) in [6.45, 7) is 5.75. The van der Waals surface area contributed by atoms with Crippen LogP contribution in [-0.2, 0) is 10.0 Å². The Bertz CT molecular complexity index is 591. The van der Waals surface area contributed by atoms with Crippen molar-refractivity contribution < 1.29 is 8.42 Å². The monoisotopic (exact) mass is 284 g/mol. The standard InChI is InChI=1S/C12H13ClN2O2S/c1-3-7-15(4-2)18(16,17)12-8-10(9-14)5-6-11(12)13/h3,5-6,8H,1,4,7H2,2H3. The molecule has 0 aliphatic heterocycles. The van der Waals surface area contributed by atoms with Crippen molar-refractivity contribution in [3.63, 3.8) is 0 Å². The van der Waals surface area contributed by atoms with Crippen LogP contribution in [0, 0.1) is 11.3 Å². The van der Waals surface area contributed by atoms with E-state index in [1.54, 1.807) is 6.92 Å². The summed E-state index contributed by atoms with van der Waals surface area (Å²) in [4.78, 5) is -0.0492. The van der Waals surface area contributed by atoms with Gasteiger partial charge in [0.1, 0.15) is 4.90 Å². The molecule has 0 saturated heterocycles. The molecule has 1 rings (SSSR count). The Morgan fingerprint density at radius 3 is 2.72 bits per heavy atom. The van der Waals surface area contributed by atoms with E-state index in [2.05, 4.69) is 6.58 Å². The molecule has 0 radical (unpaired) electrons. The third-order valence-electron chi connectivity index (χ3n) is 2.36. The molecule has 6 heteroatoms. The van der Waals surface area contributed by atoms with Crippen LogP contribution in [0.5, 0.6) is 0 Å². The van der Waals surface area contributed by atoms with Gasteiger partial charge in [-0.05, 0) is 18.2 Å². The quantitative estimate of drug-likeness (QED) is 0.780. The second-order valence-electron chi connectivity index (χ2n) is 3.50. The Balaban J connectivity index is 3.35. The van der Waals surface area contributed by atoms with E-state index in [0.29, 0.717) is 6.54 Å². The minimum Gasteiger partial charge on any atom is -0.207 e. The van der Waals surface area contributed by atoms with Crippen molar-refractivity contribution >= 4 is 21.6 Å². The fraction of sp³-hybridized carbons (Fsp3) is 0.250. The highest BCUT2D eigenvalue weighted by Crippen LogP contribution is 2.25. The number of hydrogen-bond donors (Lipinski definition) is 0. The first kappa shape index (κ1) is 14.7. The third kappa shape index (κ3) is 2.91. The Kier molecular flexibility index (Phi) is 4.91. The molecular weight excluding hydrogens is 272 g/mol. The average molecular weight is 285 g/mol. The van der Waals surface area contributed by atoms with Gasteiger partial charge in [0.15, 0.2) is 0 Å². The second-order valence-corrected chi connectivity index (χ2v) is 5.81. The number of nitrogens with zero attached hydrogens (tertiary/aromatic N) is 2. The summed E-state index contributed by atoms with van der Waals surface area (Å²) in [6, 6.07) is 6.06. The lowest BCUT2D eigenvalue weighted by Crippen LogP contribution is -2.31. The molecule has 0 amide bonds. The van der Waals surface area contributed by atoms with E-state index in [1.807, 2.05) is 6.07 Å². The van der Waals surface area contributed by atoms with E-state index < -0.39 is 10.0 Å². The van der Waals surface area contributed by atoms with Crippen molar-refractivity contribution in [2.45, 2.75) is 11.8 Å². The summed E-state index contributed by atoms with van der Waals surface area (Å²) in [6.07, 6.45) is 1.50. The molecule has 0 bridgehead atoms. The van der Waals surface area contributed by atoms with E-state index >= 15 is 0 Å². The molecule has 18 heavy (non-hydrogen) atoms. The zero-order valence-corrected chi connectivity index (χ0v) is 11.5. The van der Waals surface area contributed by atoms with Crippen LogP contribution in [0.4, 0.5) is 0 Å². The Morgan fingerprint density at radius 1 is 1.56 bits per heavy atom. The van der Waals surface area contributed by atoms with Gasteiger partial charge in [0, 0.05) is 13.1 Å². The summed E-state index contributed by atoms with van der Waals surface area (Å²) in [7, 11) is -3.70. The van der Waals surface area contributed by atoms with Gasteiger partial charge in [-0.1, -0.05) is 24.6 Å². The maximum atomic E-state index is 12.3. The normalized spacial score (nSPS) is 11.2. The van der Waals surface area contributed by atoms with Gasteiger partial charge in [-0.15, -0.1) is 6.58 Å².